The fraction of sp³-hybridized carbons (Fsp3) is 0.500. The predicted molar refractivity (Wildman–Crippen MR) is 60.3 cm³/mol. The van der Waals surface area contributed by atoms with Crippen molar-refractivity contribution in [3.8, 4) is 5.75 Å². The van der Waals surface area contributed by atoms with Gasteiger partial charge in [-0.3, -0.25) is 0 Å². The van der Waals surface area contributed by atoms with Crippen LogP contribution in [0.5, 0.6) is 5.75 Å². The number of ether oxygens (including phenoxy) is 1. The number of thioether (sulfide) groups is 1. The van der Waals surface area contributed by atoms with Crippen LogP contribution < -0.4 is 9.47 Å². The number of aliphatic hydroxyl groups excluding tert-OH is 3. The summed E-state index contributed by atoms with van der Waals surface area (Å²) in [7, 11) is 0. The molecule has 0 aliphatic carbocycles. The number of hydrogen-bond donors (Lipinski definition) is 3. The fourth-order valence-electron chi connectivity index (χ4n) is 1.52. The Balaban J connectivity index is 2.04. The molecule has 17 heavy (non-hydrogen) atoms. The van der Waals surface area contributed by atoms with Crippen molar-refractivity contribution in [3.05, 3.63) is 29.7 Å². The van der Waals surface area contributed by atoms with Crippen molar-refractivity contribution in [3.63, 3.8) is 0 Å². The molecule has 1 fully saturated rings. The fourth-order valence-corrected chi connectivity index (χ4v) is 2.64. The smallest absolute Gasteiger partial charge is 0.222 e. The van der Waals surface area contributed by atoms with Gasteiger partial charge in [0.25, 0.3) is 0 Å². The monoisotopic (exact) mass is 259 g/mol. The lowest BCUT2D eigenvalue weighted by Gasteiger charge is -2.34. The van der Waals surface area contributed by atoms with Crippen LogP contribution in [-0.2, 0) is 0 Å². The molecule has 0 radical (unpaired) electrons. The Hall–Kier alpha value is -1.02. The zero-order chi connectivity index (χ0) is 12.4. The molecule has 1 aromatic rings. The third-order valence-electron chi connectivity index (χ3n) is 2.45. The molecule has 7 heteroatoms. The summed E-state index contributed by atoms with van der Waals surface area (Å²) in [6.07, 6.45) is -0.843. The maximum Gasteiger partial charge on any atom is 0.222 e. The molecule has 1 aliphatic heterocycles. The highest BCUT2D eigenvalue weighted by atomic mass is 32.2. The van der Waals surface area contributed by atoms with Crippen LogP contribution in [0.15, 0.2) is 24.5 Å². The van der Waals surface area contributed by atoms with Crippen LogP contribution in [0.3, 0.4) is 0 Å². The van der Waals surface area contributed by atoms with E-state index in [2.05, 4.69) is 0 Å². The van der Waals surface area contributed by atoms with Gasteiger partial charge in [-0.25, -0.2) is 0 Å². The molecule has 3 N–H and O–H groups in total. The summed E-state index contributed by atoms with van der Waals surface area (Å²) in [5, 5.41) is 39.5. The van der Waals surface area contributed by atoms with E-state index in [4.69, 9.17) is 4.74 Å². The standard InChI is InChI=1S/C10H13NO5S/c12-7-5-17-10(9(14)8(7)13)16-6-2-1-3-11(15)4-6/h1-4,7-10,12-14H,5H2/t7-,8+,9-,10-/m1/s1. The highest BCUT2D eigenvalue weighted by molar-refractivity contribution is 7.99. The van der Waals surface area contributed by atoms with Crippen LogP contribution in [0.1, 0.15) is 0 Å². The third kappa shape index (κ3) is 2.81. The van der Waals surface area contributed by atoms with Crippen molar-refractivity contribution in [2.45, 2.75) is 23.7 Å². The Labute approximate surface area is 102 Å². The van der Waals surface area contributed by atoms with Crippen molar-refractivity contribution >= 4 is 11.8 Å². The van der Waals surface area contributed by atoms with Gasteiger partial charge >= 0.3 is 0 Å². The number of pyridine rings is 1. The maximum atomic E-state index is 11.0. The average Bonchev–Trinajstić information content (AvgIpc) is 2.30. The zero-order valence-electron chi connectivity index (χ0n) is 8.84. The Morgan fingerprint density at radius 3 is 2.82 bits per heavy atom. The summed E-state index contributed by atoms with van der Waals surface area (Å²) in [5.41, 5.74) is -0.698. The lowest BCUT2D eigenvalue weighted by atomic mass is 10.1. The molecular formula is C10H13NO5S. The number of rotatable bonds is 2. The molecule has 0 unspecified atom stereocenters. The second-order valence-corrected chi connectivity index (χ2v) is 4.90. The van der Waals surface area contributed by atoms with Crippen molar-refractivity contribution < 1.29 is 24.8 Å². The summed E-state index contributed by atoms with van der Waals surface area (Å²) in [4.78, 5) is 0. The summed E-state index contributed by atoms with van der Waals surface area (Å²) in [6.45, 7) is 0. The first-order valence-electron chi connectivity index (χ1n) is 5.09. The highest BCUT2D eigenvalue weighted by Gasteiger charge is 2.38. The summed E-state index contributed by atoms with van der Waals surface area (Å²) in [5.74, 6) is 0.579. The Morgan fingerprint density at radius 2 is 2.12 bits per heavy atom. The van der Waals surface area contributed by atoms with Crippen LogP contribution in [0.4, 0.5) is 0 Å². The van der Waals surface area contributed by atoms with E-state index >= 15 is 0 Å². The summed E-state index contributed by atoms with van der Waals surface area (Å²) in [6, 6.07) is 3.10. The van der Waals surface area contributed by atoms with E-state index in [-0.39, 0.29) is 5.75 Å². The molecule has 4 atom stereocenters. The number of aliphatic hydroxyl groups is 3. The average molecular weight is 259 g/mol. The Morgan fingerprint density at radius 1 is 1.35 bits per heavy atom. The normalized spacial score (nSPS) is 33.4. The summed E-state index contributed by atoms with van der Waals surface area (Å²) < 4.78 is 5.97. The minimum absolute atomic E-state index is 0.271. The van der Waals surface area contributed by atoms with Gasteiger partial charge < -0.3 is 25.3 Å². The number of hydrogen-bond acceptors (Lipinski definition) is 6. The molecule has 0 saturated carbocycles. The van der Waals surface area contributed by atoms with E-state index < -0.39 is 23.7 Å². The number of nitrogens with zero attached hydrogens (tertiary/aromatic N) is 1. The summed E-state index contributed by atoms with van der Waals surface area (Å²) >= 11 is 1.19. The first-order chi connectivity index (χ1) is 8.08. The molecule has 1 aliphatic rings. The minimum atomic E-state index is -1.23. The van der Waals surface area contributed by atoms with E-state index in [1.807, 2.05) is 0 Å². The highest BCUT2D eigenvalue weighted by Crippen LogP contribution is 2.28. The van der Waals surface area contributed by atoms with Crippen LogP contribution in [0.2, 0.25) is 0 Å². The van der Waals surface area contributed by atoms with Gasteiger partial charge in [-0.2, -0.15) is 4.73 Å². The van der Waals surface area contributed by atoms with E-state index in [0.29, 0.717) is 10.5 Å². The van der Waals surface area contributed by atoms with Gasteiger partial charge in [-0.15, -0.1) is 11.8 Å². The van der Waals surface area contributed by atoms with E-state index in [1.54, 1.807) is 6.07 Å². The second kappa shape index (κ2) is 5.09. The van der Waals surface area contributed by atoms with Gasteiger partial charge in [0.15, 0.2) is 17.4 Å². The van der Waals surface area contributed by atoms with Crippen LogP contribution in [0, 0.1) is 5.21 Å². The van der Waals surface area contributed by atoms with Gasteiger partial charge in [0.05, 0.1) is 6.10 Å². The number of aromatic nitrogens is 1. The van der Waals surface area contributed by atoms with E-state index in [0.717, 1.165) is 0 Å². The van der Waals surface area contributed by atoms with Crippen LogP contribution in [-0.4, -0.2) is 44.8 Å². The molecule has 2 rings (SSSR count). The van der Waals surface area contributed by atoms with Gasteiger partial charge in [0.1, 0.15) is 12.2 Å². The first kappa shape index (κ1) is 12.4. The molecule has 1 saturated heterocycles. The van der Waals surface area contributed by atoms with Crippen LogP contribution in [0.25, 0.3) is 0 Å². The largest absolute Gasteiger partial charge is 0.619 e. The topological polar surface area (TPSA) is 96.9 Å². The minimum Gasteiger partial charge on any atom is -0.619 e. The third-order valence-corrected chi connectivity index (χ3v) is 3.69. The molecule has 0 aromatic carbocycles. The lowest BCUT2D eigenvalue weighted by molar-refractivity contribution is -0.605. The van der Waals surface area contributed by atoms with Gasteiger partial charge in [0.2, 0.25) is 6.20 Å². The predicted octanol–water partition coefficient (Wildman–Crippen LogP) is -1.15. The van der Waals surface area contributed by atoms with Crippen molar-refractivity contribution in [1.82, 2.24) is 0 Å². The Bertz CT molecular complexity index is 391. The first-order valence-corrected chi connectivity index (χ1v) is 6.14. The quantitative estimate of drug-likeness (QED) is 0.458. The van der Waals surface area contributed by atoms with Crippen molar-refractivity contribution in [2.24, 2.45) is 0 Å². The molecule has 0 amide bonds. The molecule has 0 spiro atoms. The lowest BCUT2D eigenvalue weighted by Crippen LogP contribution is -2.50. The second-order valence-electron chi connectivity index (χ2n) is 3.77. The Kier molecular flexibility index (Phi) is 3.72. The van der Waals surface area contributed by atoms with Gasteiger partial charge in [-0.05, 0) is 6.07 Å². The molecular weight excluding hydrogens is 246 g/mol. The molecule has 94 valence electrons. The maximum absolute atomic E-state index is 11.0. The molecule has 0 bridgehead atoms. The van der Waals surface area contributed by atoms with E-state index in [9.17, 15) is 20.5 Å². The SMILES string of the molecule is [O-][n+]1cccc(O[C@@H]2SC[C@@H](O)[C@H](O)[C@H]2O)c1. The zero-order valence-corrected chi connectivity index (χ0v) is 9.66. The molecule has 6 nitrogen and oxygen atoms in total. The van der Waals surface area contributed by atoms with Crippen molar-refractivity contribution in [2.75, 3.05) is 5.75 Å². The van der Waals surface area contributed by atoms with Crippen LogP contribution >= 0.6 is 11.8 Å². The van der Waals surface area contributed by atoms with Gasteiger partial charge in [-0.1, -0.05) is 0 Å². The molecule has 2 heterocycles. The molecule has 1 aromatic heterocycles. The van der Waals surface area contributed by atoms with E-state index in [1.165, 1.54) is 30.2 Å². The van der Waals surface area contributed by atoms with Gasteiger partial charge in [0, 0.05) is 11.8 Å². The van der Waals surface area contributed by atoms with Crippen molar-refractivity contribution in [1.29, 1.82) is 0 Å².